The molecular formula is C87H175NO25. The van der Waals surface area contributed by atoms with E-state index in [1.807, 2.05) is 76.2 Å². The first-order valence-electron chi connectivity index (χ1n) is 44.4. The monoisotopic (exact) mass is 1630 g/mol. The second kappa shape index (κ2) is 81.5. The predicted molar refractivity (Wildman–Crippen MR) is 443 cm³/mol. The fourth-order valence-corrected chi connectivity index (χ4v) is 11.7. The predicted octanol–water partition coefficient (Wildman–Crippen LogP) is 12.8. The second-order valence-electron chi connectivity index (χ2n) is 31.5. The van der Waals surface area contributed by atoms with Gasteiger partial charge in [0.05, 0.1) is 317 Å². The van der Waals surface area contributed by atoms with Crippen molar-refractivity contribution in [1.29, 1.82) is 0 Å². The van der Waals surface area contributed by atoms with Crippen LogP contribution in [-0.4, -0.2) is 334 Å². The van der Waals surface area contributed by atoms with E-state index in [1.54, 1.807) is 0 Å². The molecule has 0 fully saturated rings. The van der Waals surface area contributed by atoms with Gasteiger partial charge in [0.25, 0.3) is 0 Å². The zero-order chi connectivity index (χ0) is 83.3. The van der Waals surface area contributed by atoms with Crippen LogP contribution in [-0.2, 0) is 114 Å². The molecule has 0 bridgehead atoms. The molecule has 14 unspecified atom stereocenters. The molecule has 0 saturated carbocycles. The first-order valence-corrected chi connectivity index (χ1v) is 44.4. The molecule has 26 heteroatoms. The van der Waals surface area contributed by atoms with Crippen LogP contribution in [0.1, 0.15) is 239 Å². The maximum absolute atomic E-state index is 10.2. The van der Waals surface area contributed by atoms with Crippen molar-refractivity contribution in [3.05, 3.63) is 0 Å². The molecule has 0 aromatic carbocycles. The number of unbranched alkanes of at least 4 members (excludes halogenated alkanes) is 18. The normalized spacial score (nSPS) is 16.0. The summed E-state index contributed by atoms with van der Waals surface area (Å²) in [5, 5.41) is 10.2. The van der Waals surface area contributed by atoms with Gasteiger partial charge in [-0.05, 0) is 123 Å². The lowest BCUT2D eigenvalue weighted by molar-refractivity contribution is -0.912. The molecule has 0 aliphatic rings. The van der Waals surface area contributed by atoms with Gasteiger partial charge >= 0.3 is 0 Å². The minimum atomic E-state index is -1.25. The molecule has 0 spiro atoms. The third-order valence-electron chi connectivity index (χ3n) is 18.6. The van der Waals surface area contributed by atoms with Crippen molar-refractivity contribution in [2.24, 2.45) is 0 Å². The van der Waals surface area contributed by atoms with Crippen molar-refractivity contribution in [3.63, 3.8) is 0 Å². The van der Waals surface area contributed by atoms with E-state index in [2.05, 4.69) is 41.7 Å². The summed E-state index contributed by atoms with van der Waals surface area (Å²) in [5.41, 5.74) is 0. The molecule has 0 rings (SSSR count). The summed E-state index contributed by atoms with van der Waals surface area (Å²) in [4.78, 5) is 10.2. The van der Waals surface area contributed by atoms with Crippen LogP contribution in [0.3, 0.4) is 0 Å². The molecule has 0 saturated heterocycles. The molecule has 14 atom stereocenters. The minimum absolute atomic E-state index is 0.0177. The number of carbonyl (C=O) groups excluding carboxylic acids is 1. The molecule has 113 heavy (non-hydrogen) atoms. The Morgan fingerprint density at radius 2 is 0.381 bits per heavy atom. The molecule has 0 aliphatic carbocycles. The summed E-state index contributed by atoms with van der Waals surface area (Å²) in [6.45, 7) is 49.7. The average molecular weight is 1640 g/mol. The fourth-order valence-electron chi connectivity index (χ4n) is 11.7. The van der Waals surface area contributed by atoms with Crippen LogP contribution < -0.4 is 5.11 Å². The van der Waals surface area contributed by atoms with Gasteiger partial charge in [-0.15, -0.1) is 0 Å². The van der Waals surface area contributed by atoms with E-state index >= 15 is 0 Å². The third kappa shape index (κ3) is 81.3. The van der Waals surface area contributed by atoms with E-state index in [4.69, 9.17) is 109 Å². The Balaban J connectivity index is 4.03. The maximum Gasteiger partial charge on any atom is 0.105 e. The number of quaternary nitrogens is 1. The van der Waals surface area contributed by atoms with Gasteiger partial charge in [-0.25, -0.2) is 0 Å². The standard InChI is InChI=1S/C87H175NO25/c1-18-20-22-24-26-28-30-32-34-36-38-88(17,39-37-35-33-31-29-27-25-23-21-19-2)58-73(3)101-60-75(5)103-62-77(7)105-64-79(9)107-66-81(11)109-68-83(13)111-70-85(15)113-71-86(16)112-69-84(14)110-67-82(12)108-65-80(10)106-63-78(8)104-61-76(6)102-59-74(4)100-57-56-98-53-52-96-49-48-94-45-44-92-41-40-91-42-43-93-46-47-95-50-51-97-54-55-99-72-87(89)90/h73-86H,18-72H2,1-17H3. The van der Waals surface area contributed by atoms with Crippen LogP contribution in [0, 0.1) is 0 Å². The molecule has 0 radical (unpaired) electrons. The van der Waals surface area contributed by atoms with Crippen LogP contribution in [0.15, 0.2) is 0 Å². The van der Waals surface area contributed by atoms with Gasteiger partial charge in [-0.3, -0.25) is 0 Å². The van der Waals surface area contributed by atoms with E-state index < -0.39 is 12.6 Å². The molecule has 0 amide bonds. The van der Waals surface area contributed by atoms with Gasteiger partial charge in [0.2, 0.25) is 0 Å². The summed E-state index contributed by atoms with van der Waals surface area (Å²) in [7, 11) is 2.48. The Bertz CT molecular complexity index is 1920. The van der Waals surface area contributed by atoms with Crippen LogP contribution in [0.5, 0.6) is 0 Å². The lowest BCUT2D eigenvalue weighted by Crippen LogP contribution is -2.50. The van der Waals surface area contributed by atoms with Gasteiger partial charge in [0, 0.05) is 0 Å². The van der Waals surface area contributed by atoms with Gasteiger partial charge in [0.1, 0.15) is 12.6 Å². The zero-order valence-corrected chi connectivity index (χ0v) is 75.1. The van der Waals surface area contributed by atoms with E-state index in [-0.39, 0.29) is 92.1 Å². The molecule has 0 heterocycles. The Kier molecular flexibility index (Phi) is 80.4. The highest BCUT2D eigenvalue weighted by atomic mass is 16.6. The number of aliphatic carboxylic acids is 1. The quantitative estimate of drug-likeness (QED) is 0.0405. The van der Waals surface area contributed by atoms with E-state index in [0.717, 1.165) is 11.0 Å². The maximum atomic E-state index is 10.2. The summed E-state index contributed by atoms with van der Waals surface area (Å²) in [6, 6.07) is 0. The van der Waals surface area contributed by atoms with Gasteiger partial charge in [-0.1, -0.05) is 117 Å². The number of ether oxygens (including phenoxy) is 23. The molecule has 0 aromatic rings. The first kappa shape index (κ1) is 112. The van der Waals surface area contributed by atoms with Crippen LogP contribution >= 0.6 is 0 Å². The van der Waals surface area contributed by atoms with Gasteiger partial charge in [0.15, 0.2) is 0 Å². The molecule has 678 valence electrons. The second-order valence-corrected chi connectivity index (χ2v) is 31.5. The highest BCUT2D eigenvalue weighted by molar-refractivity contribution is 5.65. The summed E-state index contributed by atoms with van der Waals surface area (Å²) >= 11 is 0. The lowest BCUT2D eigenvalue weighted by atomic mass is 10.1. The SMILES string of the molecule is CCCCCCCCCCCC[N+](C)(CCCCCCCCCCCC)CC(C)OCC(C)OCC(C)OCC(C)OCC(C)OCC(C)OCC(C)OCC(C)OCC(C)OCC(C)OCC(C)OCC(C)OCC(C)OCC(C)OCCOCCOCCOCCOCCOCCOCCOCCOCCOCC(=O)[O-]. The van der Waals surface area contributed by atoms with Crippen molar-refractivity contribution in [2.45, 2.75) is 325 Å². The number of carboxylic acids is 1. The largest absolute Gasteiger partial charge is 0.548 e. The van der Waals surface area contributed by atoms with Crippen LogP contribution in [0.4, 0.5) is 0 Å². The summed E-state index contributed by atoms with van der Waals surface area (Å²) < 4.78 is 135. The molecule has 0 aliphatic heterocycles. The van der Waals surface area contributed by atoms with E-state index in [0.29, 0.717) is 198 Å². The number of hydrogen-bond donors (Lipinski definition) is 0. The van der Waals surface area contributed by atoms with Crippen molar-refractivity contribution in [1.82, 2.24) is 0 Å². The molecule has 0 N–H and O–H groups in total. The number of hydrogen-bond acceptors (Lipinski definition) is 25. The number of likely N-dealkylation sites (N-methyl/N-ethyl adjacent to an activating group) is 1. The fraction of sp³-hybridized carbons (Fsp3) is 0.989. The smallest absolute Gasteiger partial charge is 0.105 e. The Hall–Kier alpha value is -1.49. The summed E-state index contributed by atoms with van der Waals surface area (Å²) in [6.07, 6.45) is 26.4. The first-order chi connectivity index (χ1) is 54.6. The van der Waals surface area contributed by atoms with Gasteiger partial charge < -0.3 is 123 Å². The zero-order valence-electron chi connectivity index (χ0n) is 75.1. The average Bonchev–Trinajstić information content (AvgIpc) is 0.880. The number of nitrogens with zero attached hydrogens (tertiary/aromatic N) is 1. The van der Waals surface area contributed by atoms with Crippen LogP contribution in [0.2, 0.25) is 0 Å². The van der Waals surface area contributed by atoms with Crippen molar-refractivity contribution < 1.29 is 123 Å². The van der Waals surface area contributed by atoms with E-state index in [9.17, 15) is 9.90 Å². The molecule has 0 aromatic heterocycles. The summed E-state index contributed by atoms with van der Waals surface area (Å²) in [5.74, 6) is -1.25. The minimum Gasteiger partial charge on any atom is -0.548 e. The highest BCUT2D eigenvalue weighted by Gasteiger charge is 2.26. The Morgan fingerprint density at radius 3 is 0.575 bits per heavy atom. The third-order valence-corrected chi connectivity index (χ3v) is 18.6. The number of rotatable bonds is 93. The van der Waals surface area contributed by atoms with E-state index in [1.165, 1.54) is 142 Å². The van der Waals surface area contributed by atoms with Crippen LogP contribution in [0.25, 0.3) is 0 Å². The molecule has 26 nitrogen and oxygen atoms in total. The topological polar surface area (TPSA) is 252 Å². The Labute approximate surface area is 689 Å². The number of carbonyl (C=O) groups is 1. The van der Waals surface area contributed by atoms with Crippen molar-refractivity contribution >= 4 is 5.97 Å². The lowest BCUT2D eigenvalue weighted by Gasteiger charge is -2.37. The van der Waals surface area contributed by atoms with Gasteiger partial charge in [-0.2, -0.15) is 0 Å². The number of carboxylic acid groups (broad SMARTS) is 1. The highest BCUT2D eigenvalue weighted by Crippen LogP contribution is 2.19. The van der Waals surface area contributed by atoms with Crippen molar-refractivity contribution in [2.75, 3.05) is 238 Å². The molecular weight excluding hydrogens is 1460 g/mol. The van der Waals surface area contributed by atoms with Crippen molar-refractivity contribution in [3.8, 4) is 0 Å². The Morgan fingerprint density at radius 1 is 0.221 bits per heavy atom.